The summed E-state index contributed by atoms with van der Waals surface area (Å²) in [4.78, 5) is 0. The molecule has 3 nitrogen and oxygen atoms in total. The predicted octanol–water partition coefficient (Wildman–Crippen LogP) is -0.923. The quantitative estimate of drug-likeness (QED) is 0.452. The molecule has 2 unspecified atom stereocenters. The molecular weight excluding hydrogens is 127 g/mol. The Labute approximate surface area is 52.1 Å². The SMILES string of the molecule is OC1COCC(O)C1F. The highest BCUT2D eigenvalue weighted by molar-refractivity contribution is 4.78. The van der Waals surface area contributed by atoms with Gasteiger partial charge in [0.1, 0.15) is 12.2 Å². The largest absolute Gasteiger partial charge is 0.388 e. The monoisotopic (exact) mass is 136 g/mol. The molecule has 1 rings (SSSR count). The minimum Gasteiger partial charge on any atom is -0.388 e. The highest BCUT2D eigenvalue weighted by atomic mass is 19.1. The normalized spacial score (nSPS) is 45.0. The molecular formula is C5H9FO3. The molecule has 0 spiro atoms. The zero-order valence-electron chi connectivity index (χ0n) is 4.83. The van der Waals surface area contributed by atoms with Crippen molar-refractivity contribution in [3.8, 4) is 0 Å². The van der Waals surface area contributed by atoms with Gasteiger partial charge in [0.2, 0.25) is 0 Å². The summed E-state index contributed by atoms with van der Waals surface area (Å²) in [7, 11) is 0. The minimum absolute atomic E-state index is 0.0156. The molecule has 1 aliphatic heterocycles. The molecule has 0 aromatic rings. The van der Waals surface area contributed by atoms with Crippen LogP contribution in [0.1, 0.15) is 0 Å². The van der Waals surface area contributed by atoms with Crippen LogP contribution in [0.15, 0.2) is 0 Å². The van der Waals surface area contributed by atoms with E-state index >= 15 is 0 Å². The van der Waals surface area contributed by atoms with Crippen molar-refractivity contribution in [2.75, 3.05) is 13.2 Å². The van der Waals surface area contributed by atoms with Crippen LogP contribution >= 0.6 is 0 Å². The Morgan fingerprint density at radius 1 is 1.22 bits per heavy atom. The van der Waals surface area contributed by atoms with E-state index in [1.165, 1.54) is 0 Å². The summed E-state index contributed by atoms with van der Waals surface area (Å²) < 4.78 is 17.0. The zero-order chi connectivity index (χ0) is 6.85. The van der Waals surface area contributed by atoms with Crippen LogP contribution in [0.25, 0.3) is 0 Å². The van der Waals surface area contributed by atoms with E-state index in [-0.39, 0.29) is 13.2 Å². The van der Waals surface area contributed by atoms with Crippen LogP contribution < -0.4 is 0 Å². The van der Waals surface area contributed by atoms with Crippen LogP contribution in [0.5, 0.6) is 0 Å². The first-order valence-electron chi connectivity index (χ1n) is 2.80. The molecule has 1 heterocycles. The maximum Gasteiger partial charge on any atom is 0.156 e. The predicted molar refractivity (Wildman–Crippen MR) is 27.7 cm³/mol. The van der Waals surface area contributed by atoms with Gasteiger partial charge >= 0.3 is 0 Å². The Bertz CT molecular complexity index is 88.2. The fourth-order valence-electron chi connectivity index (χ4n) is 0.750. The lowest BCUT2D eigenvalue weighted by atomic mass is 10.1. The molecule has 0 aromatic carbocycles. The van der Waals surface area contributed by atoms with Crippen molar-refractivity contribution >= 4 is 0 Å². The lowest BCUT2D eigenvalue weighted by Crippen LogP contribution is -2.44. The van der Waals surface area contributed by atoms with Gasteiger partial charge in [-0.2, -0.15) is 0 Å². The Kier molecular flexibility index (Phi) is 2.00. The lowest BCUT2D eigenvalue weighted by Gasteiger charge is -2.26. The van der Waals surface area contributed by atoms with Gasteiger partial charge < -0.3 is 14.9 Å². The molecule has 0 amide bonds. The molecule has 1 saturated heterocycles. The molecule has 0 radical (unpaired) electrons. The number of hydrogen-bond donors (Lipinski definition) is 2. The number of halogens is 1. The van der Waals surface area contributed by atoms with E-state index in [0.29, 0.717) is 0 Å². The summed E-state index contributed by atoms with van der Waals surface area (Å²) in [6, 6.07) is 0. The van der Waals surface area contributed by atoms with Gasteiger partial charge in [-0.1, -0.05) is 0 Å². The summed E-state index contributed by atoms with van der Waals surface area (Å²) in [6.45, 7) is -0.0313. The standard InChI is InChI=1S/C5H9FO3/c6-5-3(7)1-9-2-4(5)8/h3-5,7-8H,1-2H2. The smallest absolute Gasteiger partial charge is 0.156 e. The Hall–Kier alpha value is -0.190. The number of ether oxygens (including phenoxy) is 1. The second kappa shape index (κ2) is 2.60. The van der Waals surface area contributed by atoms with E-state index in [9.17, 15) is 4.39 Å². The Morgan fingerprint density at radius 2 is 1.67 bits per heavy atom. The third-order valence-corrected chi connectivity index (χ3v) is 1.31. The summed E-state index contributed by atoms with van der Waals surface area (Å²) in [5.41, 5.74) is 0. The highest BCUT2D eigenvalue weighted by Gasteiger charge is 2.31. The van der Waals surface area contributed by atoms with E-state index in [4.69, 9.17) is 10.2 Å². The van der Waals surface area contributed by atoms with Crippen LogP contribution in [-0.2, 0) is 4.74 Å². The van der Waals surface area contributed by atoms with Gasteiger partial charge in [-0.05, 0) is 0 Å². The van der Waals surface area contributed by atoms with Crippen molar-refractivity contribution in [2.24, 2.45) is 0 Å². The maximum atomic E-state index is 12.4. The third-order valence-electron chi connectivity index (χ3n) is 1.31. The van der Waals surface area contributed by atoms with Crippen LogP contribution in [0.4, 0.5) is 4.39 Å². The second-order valence-corrected chi connectivity index (χ2v) is 2.12. The number of aliphatic hydroxyl groups is 2. The molecule has 0 bridgehead atoms. The molecule has 2 atom stereocenters. The van der Waals surface area contributed by atoms with E-state index in [1.54, 1.807) is 0 Å². The van der Waals surface area contributed by atoms with Crippen LogP contribution in [0, 0.1) is 0 Å². The molecule has 0 aromatic heterocycles. The van der Waals surface area contributed by atoms with Crippen molar-refractivity contribution < 1.29 is 19.3 Å². The minimum atomic E-state index is -1.54. The van der Waals surface area contributed by atoms with Crippen LogP contribution in [0.2, 0.25) is 0 Å². The topological polar surface area (TPSA) is 49.7 Å². The van der Waals surface area contributed by atoms with E-state index < -0.39 is 18.4 Å². The lowest BCUT2D eigenvalue weighted by molar-refractivity contribution is -0.122. The van der Waals surface area contributed by atoms with E-state index in [1.807, 2.05) is 0 Å². The Morgan fingerprint density at radius 3 is 2.00 bits per heavy atom. The summed E-state index contributed by atoms with van der Waals surface area (Å²) >= 11 is 0. The number of aliphatic hydroxyl groups excluding tert-OH is 2. The molecule has 54 valence electrons. The molecule has 2 N–H and O–H groups in total. The van der Waals surface area contributed by atoms with Gasteiger partial charge in [-0.25, -0.2) is 4.39 Å². The molecule has 0 aliphatic carbocycles. The van der Waals surface area contributed by atoms with Gasteiger partial charge in [-0.15, -0.1) is 0 Å². The summed E-state index contributed by atoms with van der Waals surface area (Å²) in [5.74, 6) is 0. The van der Waals surface area contributed by atoms with Gasteiger partial charge in [0.15, 0.2) is 6.17 Å². The van der Waals surface area contributed by atoms with Crippen LogP contribution in [0.3, 0.4) is 0 Å². The van der Waals surface area contributed by atoms with E-state index in [2.05, 4.69) is 4.74 Å². The summed E-state index contributed by atoms with van der Waals surface area (Å²) in [6.07, 6.45) is -3.86. The average molecular weight is 136 g/mol. The molecule has 0 saturated carbocycles. The van der Waals surface area contributed by atoms with Crippen molar-refractivity contribution in [1.82, 2.24) is 0 Å². The van der Waals surface area contributed by atoms with Gasteiger partial charge in [0, 0.05) is 0 Å². The molecule has 1 aliphatic rings. The molecule has 4 heteroatoms. The van der Waals surface area contributed by atoms with Crippen molar-refractivity contribution in [2.45, 2.75) is 18.4 Å². The van der Waals surface area contributed by atoms with Gasteiger partial charge in [0.05, 0.1) is 13.2 Å². The average Bonchev–Trinajstić information content (AvgIpc) is 1.83. The Balaban J connectivity index is 2.41. The van der Waals surface area contributed by atoms with Crippen molar-refractivity contribution in [1.29, 1.82) is 0 Å². The van der Waals surface area contributed by atoms with Gasteiger partial charge in [-0.3, -0.25) is 0 Å². The fraction of sp³-hybridized carbons (Fsp3) is 1.00. The maximum absolute atomic E-state index is 12.4. The highest BCUT2D eigenvalue weighted by Crippen LogP contribution is 2.11. The van der Waals surface area contributed by atoms with Crippen molar-refractivity contribution in [3.05, 3.63) is 0 Å². The fourth-order valence-corrected chi connectivity index (χ4v) is 0.750. The number of rotatable bonds is 0. The molecule has 1 fully saturated rings. The summed E-state index contributed by atoms with van der Waals surface area (Å²) in [5, 5.41) is 17.4. The molecule has 9 heavy (non-hydrogen) atoms. The van der Waals surface area contributed by atoms with Gasteiger partial charge in [0.25, 0.3) is 0 Å². The number of hydrogen-bond acceptors (Lipinski definition) is 3. The zero-order valence-corrected chi connectivity index (χ0v) is 4.83. The first-order valence-corrected chi connectivity index (χ1v) is 2.80. The first-order chi connectivity index (χ1) is 4.22. The number of alkyl halides is 1. The second-order valence-electron chi connectivity index (χ2n) is 2.12. The van der Waals surface area contributed by atoms with Crippen LogP contribution in [-0.4, -0.2) is 41.8 Å². The third kappa shape index (κ3) is 1.38. The first kappa shape index (κ1) is 6.92. The van der Waals surface area contributed by atoms with E-state index in [0.717, 1.165) is 0 Å². The van der Waals surface area contributed by atoms with Crippen molar-refractivity contribution in [3.63, 3.8) is 0 Å².